The van der Waals surface area contributed by atoms with Gasteiger partial charge in [0.25, 0.3) is 0 Å². The lowest BCUT2D eigenvalue weighted by atomic mass is 9.88. The normalized spacial score (nSPS) is 16.1. The van der Waals surface area contributed by atoms with Crippen LogP contribution in [-0.2, 0) is 16.1 Å². The monoisotopic (exact) mass is 526 g/mol. The molecule has 0 unspecified atom stereocenters. The Balaban J connectivity index is 1.21. The Labute approximate surface area is 223 Å². The maximum Gasteiger partial charge on any atom is 0.414 e. The highest BCUT2D eigenvalue weighted by Crippen LogP contribution is 2.35. The van der Waals surface area contributed by atoms with Crippen LogP contribution in [0.1, 0.15) is 50.2 Å². The van der Waals surface area contributed by atoms with Crippen LogP contribution in [0.25, 0.3) is 0 Å². The van der Waals surface area contributed by atoms with Crippen molar-refractivity contribution >= 4 is 35.0 Å². The number of piperidine rings is 1. The smallest absolute Gasteiger partial charge is 0.414 e. The summed E-state index contributed by atoms with van der Waals surface area (Å²) in [5.74, 6) is 1.99. The molecule has 0 saturated carbocycles. The van der Waals surface area contributed by atoms with Crippen LogP contribution in [0.15, 0.2) is 47.6 Å². The topological polar surface area (TPSA) is 93.7 Å². The highest BCUT2D eigenvalue weighted by Gasteiger charge is 2.43. The number of alkyl carbamates (subject to hydrolysis) is 1. The Morgan fingerprint density at radius 1 is 1.11 bits per heavy atom. The van der Waals surface area contributed by atoms with Crippen molar-refractivity contribution in [1.29, 1.82) is 0 Å². The van der Waals surface area contributed by atoms with Crippen molar-refractivity contribution in [1.82, 2.24) is 10.2 Å². The van der Waals surface area contributed by atoms with Crippen LogP contribution in [0.5, 0.6) is 11.5 Å². The van der Waals surface area contributed by atoms with Gasteiger partial charge in [0.15, 0.2) is 16.6 Å². The van der Waals surface area contributed by atoms with E-state index in [1.807, 2.05) is 6.07 Å². The fraction of sp³-hybridized carbons (Fsp3) is 0.444. The summed E-state index contributed by atoms with van der Waals surface area (Å²) in [6.45, 7) is 6.08. The molecule has 1 spiro atoms. The molecule has 10 heteroatoms. The molecule has 0 bridgehead atoms. The molecule has 2 heterocycles. The number of anilines is 1. The number of nitrogens with one attached hydrogen (secondary N) is 2. The van der Waals surface area contributed by atoms with E-state index >= 15 is 0 Å². The molecule has 4 rings (SSSR count). The first kappa shape index (κ1) is 26.5. The average molecular weight is 527 g/mol. The first-order chi connectivity index (χ1) is 17.8. The number of nitrogens with zero attached hydrogens (tertiary/aromatic N) is 2. The second-order valence-corrected chi connectivity index (χ2v) is 9.95. The molecule has 9 nitrogen and oxygen atoms in total. The van der Waals surface area contributed by atoms with E-state index in [2.05, 4.69) is 58.8 Å². The van der Waals surface area contributed by atoms with Gasteiger partial charge in [-0.05, 0) is 53.5 Å². The van der Waals surface area contributed by atoms with Gasteiger partial charge in [0.2, 0.25) is 5.90 Å². The highest BCUT2D eigenvalue weighted by molar-refractivity contribution is 7.80. The summed E-state index contributed by atoms with van der Waals surface area (Å²) in [6, 6.07) is 13.8. The molecular formula is C27H34N4O5S. The molecule has 0 aromatic heterocycles. The molecule has 2 aliphatic rings. The van der Waals surface area contributed by atoms with E-state index < -0.39 is 11.7 Å². The van der Waals surface area contributed by atoms with Gasteiger partial charge in [0.1, 0.15) is 5.60 Å². The van der Waals surface area contributed by atoms with Gasteiger partial charge in [-0.25, -0.2) is 4.79 Å². The zero-order valence-electron chi connectivity index (χ0n) is 21.7. The van der Waals surface area contributed by atoms with Crippen molar-refractivity contribution in [2.24, 2.45) is 5.16 Å². The Morgan fingerprint density at radius 2 is 1.81 bits per heavy atom. The molecular weight excluding hydrogens is 492 g/mol. The van der Waals surface area contributed by atoms with Gasteiger partial charge in [-0.3, -0.25) is 0 Å². The zero-order valence-corrected chi connectivity index (χ0v) is 22.5. The second-order valence-electron chi connectivity index (χ2n) is 9.56. The first-order valence-electron chi connectivity index (χ1n) is 12.4. The first-order valence-corrected chi connectivity index (χ1v) is 12.8. The number of oxime groups is 1. The minimum absolute atomic E-state index is 0.276. The number of rotatable bonds is 6. The third kappa shape index (κ3) is 6.62. The molecule has 2 aromatic rings. The number of benzene rings is 2. The largest absolute Gasteiger partial charge is 0.493 e. The van der Waals surface area contributed by atoms with Crippen molar-refractivity contribution in [2.75, 3.05) is 32.6 Å². The number of hydrogen-bond donors (Lipinski definition) is 2. The zero-order chi connectivity index (χ0) is 26.4. The summed E-state index contributed by atoms with van der Waals surface area (Å²) in [6.07, 6.45) is 1.32. The number of amides is 1. The highest BCUT2D eigenvalue weighted by atomic mass is 32.1. The Kier molecular flexibility index (Phi) is 8.38. The Hall–Kier alpha value is -3.53. The summed E-state index contributed by atoms with van der Waals surface area (Å²) >= 11 is 5.64. The molecule has 198 valence electrons. The van der Waals surface area contributed by atoms with Crippen LogP contribution in [0, 0.1) is 0 Å². The van der Waals surface area contributed by atoms with Gasteiger partial charge in [-0.1, -0.05) is 37.2 Å². The van der Waals surface area contributed by atoms with E-state index in [0.29, 0.717) is 29.0 Å². The van der Waals surface area contributed by atoms with E-state index in [0.717, 1.165) is 37.2 Å². The summed E-state index contributed by atoms with van der Waals surface area (Å²) in [5.41, 5.74) is 2.65. The Bertz CT molecular complexity index is 1140. The molecule has 0 atom stereocenters. The minimum atomic E-state index is -0.583. The summed E-state index contributed by atoms with van der Waals surface area (Å²) in [4.78, 5) is 20.2. The fourth-order valence-electron chi connectivity index (χ4n) is 4.39. The number of thiocarbonyl (C=S) groups is 1. The molecule has 0 aliphatic carbocycles. The van der Waals surface area contributed by atoms with Crippen LogP contribution in [0.2, 0.25) is 0 Å². The molecule has 1 amide bonds. The number of methoxy groups -OCH3 is 2. The lowest BCUT2D eigenvalue weighted by Crippen LogP contribution is -2.48. The van der Waals surface area contributed by atoms with Gasteiger partial charge in [0, 0.05) is 38.2 Å². The van der Waals surface area contributed by atoms with Crippen molar-refractivity contribution in [3.63, 3.8) is 0 Å². The summed E-state index contributed by atoms with van der Waals surface area (Å²) < 4.78 is 15.9. The molecule has 1 saturated heterocycles. The lowest BCUT2D eigenvalue weighted by molar-refractivity contribution is -0.0521. The standard InChI is InChI=1S/C27H34N4O5S/c1-18(2)20-6-8-21(9-7-20)29-25(37)31-13-11-27(12-14-31)16-24(30-36-27)35-26(32)28-17-19-5-10-22(33-3)23(15-19)34-4/h5-10,15,18H,11-14,16-17H2,1-4H3,(H,28,32)(H,29,37). The molecule has 0 radical (unpaired) electrons. The van der Waals surface area contributed by atoms with Crippen molar-refractivity contribution in [2.45, 2.75) is 51.2 Å². The predicted molar refractivity (Wildman–Crippen MR) is 146 cm³/mol. The van der Waals surface area contributed by atoms with Gasteiger partial charge in [0.05, 0.1) is 20.6 Å². The fourth-order valence-corrected chi connectivity index (χ4v) is 4.69. The van der Waals surface area contributed by atoms with E-state index in [4.69, 9.17) is 31.3 Å². The SMILES string of the molecule is COc1ccc(CNC(=O)OC2=NOC3(CCN(C(=S)Nc4ccc(C(C)C)cc4)CC3)C2)cc1OC. The van der Waals surface area contributed by atoms with Crippen LogP contribution in [0.3, 0.4) is 0 Å². The van der Waals surface area contributed by atoms with Gasteiger partial charge in [-0.2, -0.15) is 0 Å². The van der Waals surface area contributed by atoms with E-state index in [-0.39, 0.29) is 12.4 Å². The Morgan fingerprint density at radius 3 is 2.46 bits per heavy atom. The third-order valence-corrected chi connectivity index (χ3v) is 7.06. The van der Waals surface area contributed by atoms with E-state index in [9.17, 15) is 4.79 Å². The van der Waals surface area contributed by atoms with E-state index in [1.54, 1.807) is 26.4 Å². The minimum Gasteiger partial charge on any atom is -0.493 e. The average Bonchev–Trinajstić information content (AvgIpc) is 3.29. The van der Waals surface area contributed by atoms with Gasteiger partial charge >= 0.3 is 6.09 Å². The molecule has 2 aromatic carbocycles. The van der Waals surface area contributed by atoms with Crippen molar-refractivity contribution < 1.29 is 23.8 Å². The van der Waals surface area contributed by atoms with Crippen LogP contribution >= 0.6 is 12.2 Å². The number of hydrogen-bond acceptors (Lipinski definition) is 7. The summed E-state index contributed by atoms with van der Waals surface area (Å²) in [7, 11) is 3.14. The van der Waals surface area contributed by atoms with Crippen LogP contribution in [0.4, 0.5) is 10.5 Å². The third-order valence-electron chi connectivity index (χ3n) is 6.70. The van der Waals surface area contributed by atoms with Gasteiger partial charge < -0.3 is 34.6 Å². The van der Waals surface area contributed by atoms with Crippen LogP contribution in [-0.4, -0.2) is 54.9 Å². The summed E-state index contributed by atoms with van der Waals surface area (Å²) in [5, 5.41) is 10.8. The van der Waals surface area contributed by atoms with Crippen molar-refractivity contribution in [3.8, 4) is 11.5 Å². The number of carbonyl (C=O) groups is 1. The number of carbonyl (C=O) groups excluding carboxylic acids is 1. The quantitative estimate of drug-likeness (QED) is 0.507. The predicted octanol–water partition coefficient (Wildman–Crippen LogP) is 5.02. The molecule has 37 heavy (non-hydrogen) atoms. The molecule has 1 fully saturated rings. The van der Waals surface area contributed by atoms with Crippen LogP contribution < -0.4 is 20.1 Å². The van der Waals surface area contributed by atoms with Gasteiger partial charge in [-0.15, -0.1) is 0 Å². The molecule has 2 aliphatic heterocycles. The number of likely N-dealkylation sites (tertiary alicyclic amines) is 1. The maximum absolute atomic E-state index is 12.3. The number of ether oxygens (including phenoxy) is 3. The maximum atomic E-state index is 12.3. The van der Waals surface area contributed by atoms with Crippen molar-refractivity contribution in [3.05, 3.63) is 53.6 Å². The van der Waals surface area contributed by atoms with E-state index in [1.165, 1.54) is 5.56 Å². The second kappa shape index (κ2) is 11.7. The molecule has 2 N–H and O–H groups in total. The lowest BCUT2D eigenvalue weighted by Gasteiger charge is -2.38.